The quantitative estimate of drug-likeness (QED) is 0.631. The molecule has 0 radical (unpaired) electrons. The first-order valence-corrected chi connectivity index (χ1v) is 11.3. The molecule has 1 fully saturated rings. The fourth-order valence-corrected chi connectivity index (χ4v) is 4.95. The molecular formula is C22H26N2O5S. The van der Waals surface area contributed by atoms with Crippen LogP contribution in [0.5, 0.6) is 0 Å². The first-order chi connectivity index (χ1) is 14.3. The van der Waals surface area contributed by atoms with Crippen LogP contribution >= 0.6 is 0 Å². The molecule has 1 amide bonds. The van der Waals surface area contributed by atoms with Crippen molar-refractivity contribution in [3.63, 3.8) is 0 Å². The van der Waals surface area contributed by atoms with Gasteiger partial charge < -0.3 is 9.64 Å². The molecule has 0 spiro atoms. The third-order valence-corrected chi connectivity index (χ3v) is 6.94. The molecule has 1 heterocycles. The second-order valence-corrected chi connectivity index (χ2v) is 9.30. The summed E-state index contributed by atoms with van der Waals surface area (Å²) in [5, 5.41) is 0. The number of hydrogen-bond acceptors (Lipinski definition) is 5. The smallest absolute Gasteiger partial charge is 0.338 e. The zero-order chi connectivity index (χ0) is 21.7. The van der Waals surface area contributed by atoms with Crippen molar-refractivity contribution >= 4 is 21.9 Å². The van der Waals surface area contributed by atoms with E-state index in [1.165, 1.54) is 40.4 Å². The number of nitrogens with zero attached hydrogens (tertiary/aromatic N) is 2. The molecule has 30 heavy (non-hydrogen) atoms. The van der Waals surface area contributed by atoms with Crippen molar-refractivity contribution in [1.29, 1.82) is 0 Å². The number of carbonyl (C=O) groups excluding carboxylic acids is 2. The largest absolute Gasteiger partial charge is 0.449 e. The van der Waals surface area contributed by atoms with Crippen molar-refractivity contribution in [2.45, 2.75) is 37.3 Å². The fraction of sp³-hybridized carbons (Fsp3) is 0.364. The maximum atomic E-state index is 12.7. The van der Waals surface area contributed by atoms with Crippen molar-refractivity contribution < 1.29 is 22.7 Å². The van der Waals surface area contributed by atoms with Crippen molar-refractivity contribution in [2.75, 3.05) is 20.1 Å². The summed E-state index contributed by atoms with van der Waals surface area (Å²) < 4.78 is 32.2. The number of carbonyl (C=O) groups is 2. The highest BCUT2D eigenvalue weighted by molar-refractivity contribution is 7.89. The zero-order valence-corrected chi connectivity index (χ0v) is 18.0. The number of ether oxygens (including phenoxy) is 1. The third kappa shape index (κ3) is 5.06. The maximum absolute atomic E-state index is 12.7. The Bertz CT molecular complexity index is 1000. The molecule has 2 aromatic carbocycles. The van der Waals surface area contributed by atoms with E-state index in [9.17, 15) is 18.0 Å². The first kappa shape index (κ1) is 22.0. The maximum Gasteiger partial charge on any atom is 0.338 e. The molecule has 8 heteroatoms. The first-order valence-electron chi connectivity index (χ1n) is 9.89. The van der Waals surface area contributed by atoms with E-state index in [0.29, 0.717) is 19.6 Å². The van der Waals surface area contributed by atoms with E-state index < -0.39 is 22.1 Å². The highest BCUT2D eigenvalue weighted by Gasteiger charge is 2.28. The van der Waals surface area contributed by atoms with Crippen LogP contribution in [0.15, 0.2) is 59.5 Å². The van der Waals surface area contributed by atoms with Gasteiger partial charge in [-0.05, 0) is 43.5 Å². The molecule has 1 saturated heterocycles. The highest BCUT2D eigenvalue weighted by Crippen LogP contribution is 2.22. The lowest BCUT2D eigenvalue weighted by atomic mass is 10.2. The van der Waals surface area contributed by atoms with Gasteiger partial charge in [-0.25, -0.2) is 13.2 Å². The van der Waals surface area contributed by atoms with Gasteiger partial charge in [-0.2, -0.15) is 4.31 Å². The fourth-order valence-electron chi connectivity index (χ4n) is 3.39. The number of esters is 1. The third-order valence-electron chi connectivity index (χ3n) is 5.04. The van der Waals surface area contributed by atoms with Gasteiger partial charge in [0.2, 0.25) is 10.0 Å². The number of amides is 1. The topological polar surface area (TPSA) is 84.0 Å². The Morgan fingerprint density at radius 1 is 1.07 bits per heavy atom. The van der Waals surface area contributed by atoms with Crippen LogP contribution < -0.4 is 0 Å². The Morgan fingerprint density at radius 3 is 2.40 bits per heavy atom. The average Bonchev–Trinajstić information content (AvgIpc) is 3.29. The summed E-state index contributed by atoms with van der Waals surface area (Å²) in [6.07, 6.45) is 0.666. The van der Waals surface area contributed by atoms with Crippen LogP contribution in [-0.2, 0) is 26.1 Å². The summed E-state index contributed by atoms with van der Waals surface area (Å²) in [4.78, 5) is 26.6. The van der Waals surface area contributed by atoms with Crippen molar-refractivity contribution in [3.05, 3.63) is 65.7 Å². The summed E-state index contributed by atoms with van der Waals surface area (Å²) in [6.45, 7) is 2.87. The molecule has 2 aromatic rings. The Morgan fingerprint density at radius 2 is 1.73 bits per heavy atom. The van der Waals surface area contributed by atoms with Gasteiger partial charge in [-0.3, -0.25) is 4.79 Å². The zero-order valence-electron chi connectivity index (χ0n) is 17.2. The molecule has 0 aromatic heterocycles. The lowest BCUT2D eigenvalue weighted by Gasteiger charge is -2.21. The van der Waals surface area contributed by atoms with Crippen LogP contribution in [0.2, 0.25) is 0 Å². The van der Waals surface area contributed by atoms with Crippen LogP contribution in [0.3, 0.4) is 0 Å². The minimum absolute atomic E-state index is 0.0547. The molecule has 1 unspecified atom stereocenters. The summed E-state index contributed by atoms with van der Waals surface area (Å²) >= 11 is 0. The normalized spacial score (nSPS) is 15.5. The monoisotopic (exact) mass is 430 g/mol. The Hall–Kier alpha value is -2.71. The SMILES string of the molecule is CC(OC(=O)c1cccc(S(=O)(=O)N2CCCC2)c1)C(=O)N(C)Cc1ccccc1. The second kappa shape index (κ2) is 9.40. The predicted octanol–water partition coefficient (Wildman–Crippen LogP) is 2.68. The van der Waals surface area contributed by atoms with Crippen LogP contribution in [0.1, 0.15) is 35.7 Å². The van der Waals surface area contributed by atoms with E-state index in [1.807, 2.05) is 30.3 Å². The number of likely N-dealkylation sites (N-methyl/N-ethyl adjacent to an activating group) is 1. The van der Waals surface area contributed by atoms with Gasteiger partial charge in [-0.1, -0.05) is 36.4 Å². The number of rotatable bonds is 7. The number of benzene rings is 2. The van der Waals surface area contributed by atoms with Gasteiger partial charge >= 0.3 is 5.97 Å². The van der Waals surface area contributed by atoms with Gasteiger partial charge in [0.25, 0.3) is 5.91 Å². The molecule has 1 aliphatic rings. The van der Waals surface area contributed by atoms with Gasteiger partial charge in [0.15, 0.2) is 6.10 Å². The van der Waals surface area contributed by atoms with E-state index >= 15 is 0 Å². The lowest BCUT2D eigenvalue weighted by molar-refractivity contribution is -0.139. The van der Waals surface area contributed by atoms with E-state index in [0.717, 1.165) is 18.4 Å². The van der Waals surface area contributed by atoms with Crippen LogP contribution in [0.25, 0.3) is 0 Å². The van der Waals surface area contributed by atoms with Gasteiger partial charge in [0, 0.05) is 26.7 Å². The molecule has 3 rings (SSSR count). The number of hydrogen-bond donors (Lipinski definition) is 0. The van der Waals surface area contributed by atoms with Crippen LogP contribution in [0, 0.1) is 0 Å². The molecular weight excluding hydrogens is 404 g/mol. The van der Waals surface area contributed by atoms with Gasteiger partial charge in [-0.15, -0.1) is 0 Å². The summed E-state index contributed by atoms with van der Waals surface area (Å²) in [5.41, 5.74) is 1.06. The number of sulfonamides is 1. The minimum Gasteiger partial charge on any atom is -0.449 e. The average molecular weight is 431 g/mol. The molecule has 0 bridgehead atoms. The standard InChI is InChI=1S/C22H26N2O5S/c1-17(21(25)23(2)16-18-9-4-3-5-10-18)29-22(26)19-11-8-12-20(15-19)30(27,28)24-13-6-7-14-24/h3-5,8-12,15,17H,6-7,13-14,16H2,1-2H3. The molecule has 1 atom stereocenters. The Labute approximate surface area is 177 Å². The van der Waals surface area contributed by atoms with Crippen molar-refractivity contribution in [1.82, 2.24) is 9.21 Å². The van der Waals surface area contributed by atoms with E-state index in [1.54, 1.807) is 7.05 Å². The predicted molar refractivity (Wildman–Crippen MR) is 112 cm³/mol. The Balaban J connectivity index is 1.66. The molecule has 7 nitrogen and oxygen atoms in total. The van der Waals surface area contributed by atoms with Crippen LogP contribution in [-0.4, -0.2) is 55.7 Å². The minimum atomic E-state index is -3.64. The summed E-state index contributed by atoms with van der Waals surface area (Å²) in [6, 6.07) is 15.3. The van der Waals surface area contributed by atoms with Crippen molar-refractivity contribution in [2.24, 2.45) is 0 Å². The highest BCUT2D eigenvalue weighted by atomic mass is 32.2. The Kier molecular flexibility index (Phi) is 6.89. The van der Waals surface area contributed by atoms with Gasteiger partial charge in [0.1, 0.15) is 0 Å². The van der Waals surface area contributed by atoms with Gasteiger partial charge in [0.05, 0.1) is 10.5 Å². The van der Waals surface area contributed by atoms with E-state index in [-0.39, 0.29) is 16.4 Å². The summed E-state index contributed by atoms with van der Waals surface area (Å²) in [7, 11) is -2.00. The molecule has 160 valence electrons. The van der Waals surface area contributed by atoms with E-state index in [2.05, 4.69) is 0 Å². The molecule has 0 saturated carbocycles. The second-order valence-electron chi connectivity index (χ2n) is 7.37. The van der Waals surface area contributed by atoms with Crippen molar-refractivity contribution in [3.8, 4) is 0 Å². The van der Waals surface area contributed by atoms with E-state index in [4.69, 9.17) is 4.74 Å². The summed E-state index contributed by atoms with van der Waals surface area (Å²) in [5.74, 6) is -1.07. The molecule has 1 aliphatic heterocycles. The molecule has 0 aliphatic carbocycles. The van der Waals surface area contributed by atoms with Crippen LogP contribution in [0.4, 0.5) is 0 Å². The molecule has 0 N–H and O–H groups in total. The lowest BCUT2D eigenvalue weighted by Crippen LogP contribution is -2.37.